The Morgan fingerprint density at radius 3 is 2.79 bits per heavy atom. The van der Waals surface area contributed by atoms with Gasteiger partial charge < -0.3 is 15.0 Å². The van der Waals surface area contributed by atoms with E-state index < -0.39 is 0 Å². The SMILES string of the molecule is CC(C)OC(=O)c1c(NC(=O)CN2c3ccccc3CC2C)sc2c1CCCC2. The van der Waals surface area contributed by atoms with Gasteiger partial charge in [0.2, 0.25) is 5.91 Å². The molecule has 6 heteroatoms. The van der Waals surface area contributed by atoms with Gasteiger partial charge in [-0.05, 0) is 70.1 Å². The topological polar surface area (TPSA) is 58.6 Å². The van der Waals surface area contributed by atoms with Gasteiger partial charge in [0.05, 0.1) is 18.2 Å². The number of hydrogen-bond acceptors (Lipinski definition) is 5. The van der Waals surface area contributed by atoms with Crippen LogP contribution in [0.1, 0.15) is 60.0 Å². The maximum Gasteiger partial charge on any atom is 0.341 e. The van der Waals surface area contributed by atoms with Gasteiger partial charge in [0, 0.05) is 16.6 Å². The predicted octanol–water partition coefficient (Wildman–Crippen LogP) is 4.58. The smallest absolute Gasteiger partial charge is 0.341 e. The summed E-state index contributed by atoms with van der Waals surface area (Å²) in [6, 6.07) is 8.52. The molecule has 0 bridgehead atoms. The van der Waals surface area contributed by atoms with Crippen molar-refractivity contribution in [2.45, 2.75) is 65.0 Å². The van der Waals surface area contributed by atoms with Crippen LogP contribution in [0.2, 0.25) is 0 Å². The summed E-state index contributed by atoms with van der Waals surface area (Å²) >= 11 is 1.54. The van der Waals surface area contributed by atoms with E-state index in [0.29, 0.717) is 10.6 Å². The normalized spacial score (nSPS) is 17.8. The number of aryl methyl sites for hydroxylation is 1. The minimum atomic E-state index is -0.324. The highest BCUT2D eigenvalue weighted by Gasteiger charge is 2.30. The lowest BCUT2D eigenvalue weighted by Gasteiger charge is -2.24. The molecule has 0 saturated carbocycles. The molecule has 1 unspecified atom stereocenters. The van der Waals surface area contributed by atoms with Crippen molar-refractivity contribution in [2.24, 2.45) is 0 Å². The number of thiophene rings is 1. The highest BCUT2D eigenvalue weighted by Crippen LogP contribution is 2.39. The fourth-order valence-corrected chi connectivity index (χ4v) is 5.63. The molecule has 2 heterocycles. The highest BCUT2D eigenvalue weighted by molar-refractivity contribution is 7.17. The van der Waals surface area contributed by atoms with Crippen LogP contribution in [0.4, 0.5) is 10.7 Å². The van der Waals surface area contributed by atoms with Crippen molar-refractivity contribution in [2.75, 3.05) is 16.8 Å². The van der Waals surface area contributed by atoms with Gasteiger partial charge in [-0.1, -0.05) is 18.2 Å². The zero-order valence-corrected chi connectivity index (χ0v) is 18.1. The van der Waals surface area contributed by atoms with Gasteiger partial charge in [-0.3, -0.25) is 4.79 Å². The highest BCUT2D eigenvalue weighted by atomic mass is 32.1. The largest absolute Gasteiger partial charge is 0.459 e. The monoisotopic (exact) mass is 412 g/mol. The number of amides is 1. The van der Waals surface area contributed by atoms with E-state index in [1.807, 2.05) is 26.0 Å². The van der Waals surface area contributed by atoms with Gasteiger partial charge in [0.25, 0.3) is 0 Å². The number of carbonyl (C=O) groups is 2. The van der Waals surface area contributed by atoms with E-state index in [-0.39, 0.29) is 30.6 Å². The van der Waals surface area contributed by atoms with E-state index in [0.717, 1.165) is 43.4 Å². The quantitative estimate of drug-likeness (QED) is 0.730. The van der Waals surface area contributed by atoms with Crippen LogP contribution < -0.4 is 10.2 Å². The van der Waals surface area contributed by atoms with Crippen molar-refractivity contribution in [1.29, 1.82) is 0 Å². The number of nitrogens with one attached hydrogen (secondary N) is 1. The van der Waals surface area contributed by atoms with E-state index in [2.05, 4.69) is 29.3 Å². The Morgan fingerprint density at radius 1 is 1.24 bits per heavy atom. The first-order valence-electron chi connectivity index (χ1n) is 10.4. The first-order chi connectivity index (χ1) is 13.9. The molecule has 1 N–H and O–H groups in total. The molecule has 1 aliphatic carbocycles. The molecular weight excluding hydrogens is 384 g/mol. The van der Waals surface area contributed by atoms with Gasteiger partial charge in [0.15, 0.2) is 0 Å². The summed E-state index contributed by atoms with van der Waals surface area (Å²) in [5.74, 6) is -0.416. The molecule has 2 aliphatic rings. The zero-order valence-electron chi connectivity index (χ0n) is 17.3. The van der Waals surface area contributed by atoms with Crippen LogP contribution in [0.3, 0.4) is 0 Å². The predicted molar refractivity (Wildman–Crippen MR) is 117 cm³/mol. The molecule has 1 aromatic heterocycles. The fourth-order valence-electron chi connectivity index (χ4n) is 4.33. The second kappa shape index (κ2) is 8.19. The first-order valence-corrected chi connectivity index (χ1v) is 11.3. The average molecular weight is 413 g/mol. The molecule has 1 aliphatic heterocycles. The van der Waals surface area contributed by atoms with Gasteiger partial charge >= 0.3 is 5.97 Å². The number of benzene rings is 1. The van der Waals surface area contributed by atoms with Gasteiger partial charge in [-0.15, -0.1) is 11.3 Å². The number of nitrogens with zero attached hydrogens (tertiary/aromatic N) is 1. The van der Waals surface area contributed by atoms with Gasteiger partial charge in [-0.25, -0.2) is 4.79 Å². The number of carbonyl (C=O) groups excluding carboxylic acids is 2. The van der Waals surface area contributed by atoms with E-state index in [1.165, 1.54) is 21.8 Å². The number of rotatable bonds is 5. The number of hydrogen-bond donors (Lipinski definition) is 1. The Bertz CT molecular complexity index is 934. The summed E-state index contributed by atoms with van der Waals surface area (Å²) in [5, 5.41) is 3.68. The average Bonchev–Trinajstić information content (AvgIpc) is 3.18. The summed E-state index contributed by atoms with van der Waals surface area (Å²) in [4.78, 5) is 29.1. The number of para-hydroxylation sites is 1. The third-order valence-corrected chi connectivity index (χ3v) is 6.84. The summed E-state index contributed by atoms with van der Waals surface area (Å²) in [6.07, 6.45) is 4.80. The minimum Gasteiger partial charge on any atom is -0.459 e. The summed E-state index contributed by atoms with van der Waals surface area (Å²) < 4.78 is 5.49. The van der Waals surface area contributed by atoms with Crippen molar-refractivity contribution in [1.82, 2.24) is 0 Å². The molecule has 0 fully saturated rings. The molecule has 0 saturated heterocycles. The molecule has 29 heavy (non-hydrogen) atoms. The first kappa shape index (κ1) is 20.0. The van der Waals surface area contributed by atoms with Crippen LogP contribution in [0.25, 0.3) is 0 Å². The maximum atomic E-state index is 12.9. The van der Waals surface area contributed by atoms with Crippen LogP contribution >= 0.6 is 11.3 Å². The molecule has 0 spiro atoms. The van der Waals surface area contributed by atoms with Crippen molar-refractivity contribution in [3.8, 4) is 0 Å². The molecule has 1 aromatic carbocycles. The second-order valence-electron chi connectivity index (χ2n) is 8.23. The number of anilines is 2. The molecule has 5 nitrogen and oxygen atoms in total. The third-order valence-electron chi connectivity index (χ3n) is 5.63. The number of esters is 1. The molecule has 1 atom stereocenters. The van der Waals surface area contributed by atoms with Crippen molar-refractivity contribution in [3.05, 3.63) is 45.8 Å². The molecular formula is C23H28N2O3S. The number of fused-ring (bicyclic) bond motifs is 2. The zero-order chi connectivity index (χ0) is 20.5. The third kappa shape index (κ3) is 4.04. The summed E-state index contributed by atoms with van der Waals surface area (Å²) in [6.45, 7) is 6.12. The van der Waals surface area contributed by atoms with E-state index in [4.69, 9.17) is 4.74 Å². The molecule has 1 amide bonds. The van der Waals surface area contributed by atoms with Crippen LogP contribution in [0.15, 0.2) is 24.3 Å². The van der Waals surface area contributed by atoms with Gasteiger partial charge in [-0.2, -0.15) is 0 Å². The van der Waals surface area contributed by atoms with Crippen molar-refractivity contribution >= 4 is 33.9 Å². The van der Waals surface area contributed by atoms with Crippen LogP contribution in [0, 0.1) is 0 Å². The fraction of sp³-hybridized carbons (Fsp3) is 0.478. The minimum absolute atomic E-state index is 0.0919. The van der Waals surface area contributed by atoms with Crippen LogP contribution in [-0.4, -0.2) is 30.6 Å². The number of ether oxygens (including phenoxy) is 1. The van der Waals surface area contributed by atoms with Crippen LogP contribution in [0.5, 0.6) is 0 Å². The Hall–Kier alpha value is -2.34. The summed E-state index contributed by atoms with van der Waals surface area (Å²) in [5.41, 5.74) is 4.05. The molecule has 4 rings (SSSR count). The molecule has 2 aromatic rings. The lowest BCUT2D eigenvalue weighted by atomic mass is 9.95. The lowest BCUT2D eigenvalue weighted by molar-refractivity contribution is -0.115. The molecule has 154 valence electrons. The summed E-state index contributed by atoms with van der Waals surface area (Å²) in [7, 11) is 0. The Labute approximate surface area is 176 Å². The van der Waals surface area contributed by atoms with Crippen molar-refractivity contribution in [3.63, 3.8) is 0 Å². The lowest BCUT2D eigenvalue weighted by Crippen LogP contribution is -2.37. The van der Waals surface area contributed by atoms with E-state index in [1.54, 1.807) is 0 Å². The van der Waals surface area contributed by atoms with E-state index in [9.17, 15) is 9.59 Å². The van der Waals surface area contributed by atoms with Gasteiger partial charge in [0.1, 0.15) is 5.00 Å². The Kier molecular flexibility index (Phi) is 5.63. The standard InChI is InChI=1S/C23H28N2O3S/c1-14(2)28-23(27)21-17-9-5-7-11-19(17)29-22(21)24-20(26)13-25-15(3)12-16-8-4-6-10-18(16)25/h4,6,8,10,14-15H,5,7,9,11-13H2,1-3H3,(H,24,26). The maximum absolute atomic E-state index is 12.9. The van der Waals surface area contributed by atoms with E-state index >= 15 is 0 Å². The van der Waals surface area contributed by atoms with Crippen LogP contribution in [-0.2, 0) is 28.8 Å². The molecule has 0 radical (unpaired) electrons. The second-order valence-corrected chi connectivity index (χ2v) is 9.33. The van der Waals surface area contributed by atoms with Crippen molar-refractivity contribution < 1.29 is 14.3 Å². The Morgan fingerprint density at radius 2 is 2.00 bits per heavy atom. The Balaban J connectivity index is 1.55.